The molecule has 194 valence electrons. The Morgan fingerprint density at radius 1 is 1.11 bits per heavy atom. The van der Waals surface area contributed by atoms with Crippen molar-refractivity contribution >= 4 is 17.9 Å². The molecule has 0 saturated carbocycles. The predicted octanol–water partition coefficient (Wildman–Crippen LogP) is 2.91. The summed E-state index contributed by atoms with van der Waals surface area (Å²) in [5, 5.41) is 2.93. The number of nitrogens with zero attached hydrogens (tertiary/aromatic N) is 4. The normalized spacial score (nSPS) is 15.5. The van der Waals surface area contributed by atoms with Gasteiger partial charge in [-0.25, -0.2) is 19.6 Å². The SMILES string of the molecule is CCCCNC(=O)N1CCN(C(=O)c2nc(-c3ccccc3)nc(C)c2C(=O)OCCOC)CC1C. The zero-order chi connectivity index (χ0) is 26.1. The Morgan fingerprint density at radius 2 is 1.86 bits per heavy atom. The Kier molecular flexibility index (Phi) is 9.75. The van der Waals surface area contributed by atoms with E-state index < -0.39 is 11.9 Å². The van der Waals surface area contributed by atoms with Gasteiger partial charge in [-0.15, -0.1) is 0 Å². The third-order valence-corrected chi connectivity index (χ3v) is 6.03. The summed E-state index contributed by atoms with van der Waals surface area (Å²) in [6.07, 6.45) is 1.91. The van der Waals surface area contributed by atoms with Crippen LogP contribution in [0.5, 0.6) is 0 Å². The van der Waals surface area contributed by atoms with Crippen LogP contribution in [0.25, 0.3) is 11.4 Å². The second kappa shape index (κ2) is 13.0. The van der Waals surface area contributed by atoms with Crippen LogP contribution in [0.15, 0.2) is 30.3 Å². The van der Waals surface area contributed by atoms with Crippen molar-refractivity contribution in [3.63, 3.8) is 0 Å². The molecule has 0 spiro atoms. The van der Waals surface area contributed by atoms with Crippen molar-refractivity contribution in [2.45, 2.75) is 39.7 Å². The van der Waals surface area contributed by atoms with Gasteiger partial charge in [-0.05, 0) is 20.3 Å². The molecule has 1 aromatic heterocycles. The van der Waals surface area contributed by atoms with Crippen LogP contribution in [-0.2, 0) is 9.47 Å². The van der Waals surface area contributed by atoms with Crippen LogP contribution in [-0.4, -0.2) is 90.2 Å². The van der Waals surface area contributed by atoms with Crippen LogP contribution in [0, 0.1) is 6.92 Å². The van der Waals surface area contributed by atoms with Crippen molar-refractivity contribution in [3.05, 3.63) is 47.3 Å². The second-order valence-corrected chi connectivity index (χ2v) is 8.73. The number of piperazine rings is 1. The van der Waals surface area contributed by atoms with Gasteiger partial charge in [0, 0.05) is 44.9 Å². The number of carbonyl (C=O) groups is 3. The van der Waals surface area contributed by atoms with Crippen molar-refractivity contribution < 1.29 is 23.9 Å². The molecule has 3 rings (SSSR count). The molecule has 0 bridgehead atoms. The minimum Gasteiger partial charge on any atom is -0.460 e. The smallest absolute Gasteiger partial charge is 0.342 e. The Labute approximate surface area is 212 Å². The zero-order valence-corrected chi connectivity index (χ0v) is 21.5. The summed E-state index contributed by atoms with van der Waals surface area (Å²) in [4.78, 5) is 51.6. The molecule has 1 saturated heterocycles. The van der Waals surface area contributed by atoms with Crippen LogP contribution < -0.4 is 5.32 Å². The van der Waals surface area contributed by atoms with Gasteiger partial charge in [0.05, 0.1) is 12.3 Å². The average Bonchev–Trinajstić information content (AvgIpc) is 2.88. The van der Waals surface area contributed by atoms with E-state index in [1.807, 2.05) is 37.3 Å². The molecule has 1 atom stereocenters. The Morgan fingerprint density at radius 3 is 2.53 bits per heavy atom. The van der Waals surface area contributed by atoms with Gasteiger partial charge in [0.2, 0.25) is 0 Å². The van der Waals surface area contributed by atoms with Gasteiger partial charge in [-0.1, -0.05) is 43.7 Å². The van der Waals surface area contributed by atoms with E-state index in [2.05, 4.69) is 22.2 Å². The summed E-state index contributed by atoms with van der Waals surface area (Å²) >= 11 is 0. The van der Waals surface area contributed by atoms with Gasteiger partial charge < -0.3 is 24.6 Å². The Bertz CT molecular complexity index is 1060. The van der Waals surface area contributed by atoms with Gasteiger partial charge in [-0.2, -0.15) is 0 Å². The predicted molar refractivity (Wildman–Crippen MR) is 135 cm³/mol. The lowest BCUT2D eigenvalue weighted by molar-refractivity contribution is 0.0378. The molecule has 0 radical (unpaired) electrons. The highest BCUT2D eigenvalue weighted by atomic mass is 16.6. The number of methoxy groups -OCH3 is 1. The van der Waals surface area contributed by atoms with Crippen molar-refractivity contribution in [1.29, 1.82) is 0 Å². The highest BCUT2D eigenvalue weighted by Gasteiger charge is 2.34. The van der Waals surface area contributed by atoms with Gasteiger partial charge in [0.25, 0.3) is 5.91 Å². The highest BCUT2D eigenvalue weighted by Crippen LogP contribution is 2.22. The number of nitrogens with one attached hydrogen (secondary N) is 1. The molecular formula is C26H35N5O5. The molecule has 36 heavy (non-hydrogen) atoms. The number of hydrogen-bond donors (Lipinski definition) is 1. The fourth-order valence-electron chi connectivity index (χ4n) is 4.05. The van der Waals surface area contributed by atoms with Crippen molar-refractivity contribution in [2.75, 3.05) is 46.5 Å². The van der Waals surface area contributed by atoms with E-state index in [-0.39, 0.29) is 36.5 Å². The van der Waals surface area contributed by atoms with E-state index in [9.17, 15) is 14.4 Å². The van der Waals surface area contributed by atoms with E-state index in [1.54, 1.807) is 16.7 Å². The molecule has 10 nitrogen and oxygen atoms in total. The summed E-state index contributed by atoms with van der Waals surface area (Å²) in [5.41, 5.74) is 1.13. The lowest BCUT2D eigenvalue weighted by atomic mass is 10.1. The molecule has 0 aliphatic carbocycles. The minimum atomic E-state index is -0.672. The maximum atomic E-state index is 13.7. The first kappa shape index (κ1) is 27.1. The molecule has 3 amide bonds. The number of esters is 1. The number of unbranched alkanes of at least 4 members (excludes halogenated alkanes) is 1. The standard InChI is InChI=1S/C26H35N5O5/c1-5-6-12-27-26(34)31-14-13-30(17-18(31)2)24(32)22-21(25(33)36-16-15-35-4)19(3)28-23(29-22)20-10-8-7-9-11-20/h7-11,18H,5-6,12-17H2,1-4H3,(H,27,34). The minimum absolute atomic E-state index is 0.00295. The van der Waals surface area contributed by atoms with Crippen molar-refractivity contribution in [1.82, 2.24) is 25.1 Å². The fourth-order valence-corrected chi connectivity index (χ4v) is 4.05. The number of rotatable bonds is 9. The number of benzene rings is 1. The quantitative estimate of drug-likeness (QED) is 0.419. The van der Waals surface area contributed by atoms with Crippen LogP contribution in [0.1, 0.15) is 53.2 Å². The number of hydrogen-bond acceptors (Lipinski definition) is 7. The molecule has 1 aromatic carbocycles. The summed E-state index contributed by atoms with van der Waals surface area (Å²) in [5.74, 6) is -0.712. The summed E-state index contributed by atoms with van der Waals surface area (Å²) in [7, 11) is 1.51. The topological polar surface area (TPSA) is 114 Å². The first-order chi connectivity index (χ1) is 17.4. The number of amides is 3. The van der Waals surface area contributed by atoms with E-state index in [0.717, 1.165) is 18.4 Å². The van der Waals surface area contributed by atoms with Crippen LogP contribution in [0.3, 0.4) is 0 Å². The number of aromatic nitrogens is 2. The zero-order valence-electron chi connectivity index (χ0n) is 21.5. The molecule has 10 heteroatoms. The van der Waals surface area contributed by atoms with Gasteiger partial charge in [0.1, 0.15) is 17.9 Å². The molecule has 1 fully saturated rings. The third-order valence-electron chi connectivity index (χ3n) is 6.03. The Balaban J connectivity index is 1.87. The van der Waals surface area contributed by atoms with Crippen LogP contribution in [0.2, 0.25) is 0 Å². The lowest BCUT2D eigenvalue weighted by Crippen LogP contribution is -2.57. The lowest BCUT2D eigenvalue weighted by Gasteiger charge is -2.39. The van der Waals surface area contributed by atoms with Crippen molar-refractivity contribution in [2.24, 2.45) is 0 Å². The number of ether oxygens (including phenoxy) is 2. The molecule has 2 heterocycles. The third kappa shape index (κ3) is 6.57. The van der Waals surface area contributed by atoms with E-state index in [4.69, 9.17) is 9.47 Å². The van der Waals surface area contributed by atoms with Crippen LogP contribution >= 0.6 is 0 Å². The summed E-state index contributed by atoms with van der Waals surface area (Å²) in [6, 6.07) is 8.95. The second-order valence-electron chi connectivity index (χ2n) is 8.73. The maximum Gasteiger partial charge on any atom is 0.342 e. The van der Waals surface area contributed by atoms with Crippen LogP contribution in [0.4, 0.5) is 4.79 Å². The van der Waals surface area contributed by atoms with E-state index >= 15 is 0 Å². The summed E-state index contributed by atoms with van der Waals surface area (Å²) < 4.78 is 10.3. The average molecular weight is 498 g/mol. The summed E-state index contributed by atoms with van der Waals surface area (Å²) in [6.45, 7) is 7.57. The number of urea groups is 1. The maximum absolute atomic E-state index is 13.7. The highest BCUT2D eigenvalue weighted by molar-refractivity contribution is 6.05. The van der Waals surface area contributed by atoms with Gasteiger partial charge in [0.15, 0.2) is 5.82 Å². The Hall–Kier alpha value is -3.53. The monoisotopic (exact) mass is 497 g/mol. The van der Waals surface area contributed by atoms with Crippen molar-refractivity contribution in [3.8, 4) is 11.4 Å². The molecule has 1 unspecified atom stereocenters. The first-order valence-corrected chi connectivity index (χ1v) is 12.3. The van der Waals surface area contributed by atoms with Gasteiger partial charge >= 0.3 is 12.0 Å². The number of aryl methyl sites for hydroxylation is 1. The van der Waals surface area contributed by atoms with E-state index in [1.165, 1.54) is 7.11 Å². The number of carbonyl (C=O) groups excluding carboxylic acids is 3. The largest absolute Gasteiger partial charge is 0.460 e. The van der Waals surface area contributed by atoms with Gasteiger partial charge in [-0.3, -0.25) is 4.79 Å². The first-order valence-electron chi connectivity index (χ1n) is 12.3. The molecular weight excluding hydrogens is 462 g/mol. The molecule has 1 aliphatic heterocycles. The van der Waals surface area contributed by atoms with E-state index in [0.29, 0.717) is 37.7 Å². The molecule has 1 aliphatic rings. The molecule has 2 aromatic rings. The fraction of sp³-hybridized carbons (Fsp3) is 0.500. The molecule has 1 N–H and O–H groups in total.